The van der Waals surface area contributed by atoms with Crippen molar-refractivity contribution in [3.63, 3.8) is 0 Å². The number of nitrogens with one attached hydrogen (secondary N) is 1. The van der Waals surface area contributed by atoms with Crippen molar-refractivity contribution >= 4 is 61.2 Å². The van der Waals surface area contributed by atoms with Crippen LogP contribution in [0.5, 0.6) is 0 Å². The van der Waals surface area contributed by atoms with Crippen LogP contribution < -0.4 is 5.32 Å². The Kier molecular flexibility index (Phi) is 6.66. The molecule has 0 aliphatic heterocycles. The van der Waals surface area contributed by atoms with Gasteiger partial charge < -0.3 is 5.32 Å². The maximum absolute atomic E-state index is 13.1. The number of hydrogen-bond donors (Lipinski definition) is 2. The highest BCUT2D eigenvalue weighted by atomic mass is 127. The smallest absolute Gasteiger partial charge is 0.329 e. The van der Waals surface area contributed by atoms with Crippen LogP contribution in [0.25, 0.3) is 0 Å². The number of benzene rings is 1. The minimum Gasteiger partial charge on any atom is -0.329 e. The number of rotatable bonds is 4. The average molecular weight is 617 g/mol. The van der Waals surface area contributed by atoms with Gasteiger partial charge in [0.05, 0.1) is 5.56 Å². The summed E-state index contributed by atoms with van der Waals surface area (Å²) in [5, 5.41) is 0.715. The van der Waals surface area contributed by atoms with Crippen molar-refractivity contribution in [1.82, 2.24) is 5.32 Å². The van der Waals surface area contributed by atoms with Gasteiger partial charge in [-0.1, -0.05) is 0 Å². The molecular formula is C11H7F6I2NO4S. The molecule has 1 aromatic carbocycles. The first-order valence-electron chi connectivity index (χ1n) is 5.86. The van der Waals surface area contributed by atoms with E-state index in [9.17, 15) is 39.6 Å². The molecule has 0 saturated carbocycles. The minimum atomic E-state index is -6.25. The Morgan fingerprint density at radius 1 is 1.08 bits per heavy atom. The maximum Gasteiger partial charge on any atom is 0.421 e. The van der Waals surface area contributed by atoms with Crippen molar-refractivity contribution in [2.24, 2.45) is 0 Å². The zero-order valence-corrected chi connectivity index (χ0v) is 16.7. The Morgan fingerprint density at radius 2 is 1.56 bits per heavy atom. The molecule has 0 atom stereocenters. The number of amides is 1. The van der Waals surface area contributed by atoms with Crippen LogP contribution in [-0.2, 0) is 10.1 Å². The molecule has 0 bridgehead atoms. The number of carbonyl (C=O) groups excluding carboxylic acids is 1. The van der Waals surface area contributed by atoms with Gasteiger partial charge in [-0.3, -0.25) is 9.35 Å². The second kappa shape index (κ2) is 7.34. The van der Waals surface area contributed by atoms with Crippen LogP contribution in [0.1, 0.15) is 10.4 Å². The molecule has 1 aromatic rings. The molecule has 14 heteroatoms. The first kappa shape index (κ1) is 22.7. The third-order valence-corrected chi connectivity index (χ3v) is 5.28. The summed E-state index contributed by atoms with van der Waals surface area (Å²) >= 11 is 3.20. The van der Waals surface area contributed by atoms with Gasteiger partial charge in [0, 0.05) is 7.14 Å². The van der Waals surface area contributed by atoms with E-state index in [0.717, 1.165) is 6.07 Å². The predicted octanol–water partition coefficient (Wildman–Crippen LogP) is 3.38. The van der Waals surface area contributed by atoms with Gasteiger partial charge in [-0.25, -0.2) is 0 Å². The molecule has 0 saturated heterocycles. The molecule has 0 unspecified atom stereocenters. The lowest BCUT2D eigenvalue weighted by molar-refractivity contribution is -0.296. The van der Waals surface area contributed by atoms with Crippen LogP contribution >= 0.6 is 45.2 Å². The number of alkyl halides is 6. The van der Waals surface area contributed by atoms with Gasteiger partial charge in [0.25, 0.3) is 16.0 Å². The molecule has 25 heavy (non-hydrogen) atoms. The summed E-state index contributed by atoms with van der Waals surface area (Å²) in [5.74, 6) is -4.60. The second-order valence-electron chi connectivity index (χ2n) is 4.71. The average Bonchev–Trinajstić information content (AvgIpc) is 2.36. The molecule has 1 rings (SSSR count). The first-order chi connectivity index (χ1) is 11.0. The van der Waals surface area contributed by atoms with E-state index in [1.54, 1.807) is 22.6 Å². The molecule has 0 spiro atoms. The van der Waals surface area contributed by atoms with Crippen LogP contribution in [0.2, 0.25) is 0 Å². The van der Waals surface area contributed by atoms with Gasteiger partial charge >= 0.3 is 12.4 Å². The zero-order chi connectivity index (χ0) is 19.8. The Hall–Kier alpha value is -0.360. The third-order valence-electron chi connectivity index (χ3n) is 2.87. The molecule has 0 aromatic heterocycles. The number of halogens is 8. The van der Waals surface area contributed by atoms with E-state index >= 15 is 0 Å². The van der Waals surface area contributed by atoms with Crippen molar-refractivity contribution < 1.29 is 44.1 Å². The molecule has 0 radical (unpaired) electrons. The van der Waals surface area contributed by atoms with Crippen molar-refractivity contribution in [2.45, 2.75) is 17.9 Å². The van der Waals surface area contributed by atoms with Crippen LogP contribution in [0.15, 0.2) is 18.2 Å². The SMILES string of the molecule is O=C(NC(CS(=O)(=O)O)(C(F)(F)F)C(F)(F)F)c1cc(I)ccc1I. The maximum atomic E-state index is 13.1. The van der Waals surface area contributed by atoms with E-state index in [0.29, 0.717) is 8.89 Å². The third kappa shape index (κ3) is 5.31. The van der Waals surface area contributed by atoms with E-state index in [1.165, 1.54) is 34.7 Å². The summed E-state index contributed by atoms with van der Waals surface area (Å²) in [6.07, 6.45) is -12.5. The Balaban J connectivity index is 3.53. The Bertz CT molecular complexity index is 764. The molecule has 0 heterocycles. The molecule has 2 N–H and O–H groups in total. The fourth-order valence-electron chi connectivity index (χ4n) is 1.71. The lowest BCUT2D eigenvalue weighted by atomic mass is 9.99. The van der Waals surface area contributed by atoms with Gasteiger partial charge in [0.15, 0.2) is 0 Å². The summed E-state index contributed by atoms with van der Waals surface area (Å²) in [7, 11) is -5.75. The van der Waals surface area contributed by atoms with Crippen molar-refractivity contribution in [3.8, 4) is 0 Å². The lowest BCUT2D eigenvalue weighted by Crippen LogP contribution is -2.70. The van der Waals surface area contributed by atoms with Crippen LogP contribution in [-0.4, -0.2) is 42.5 Å². The van der Waals surface area contributed by atoms with E-state index in [1.807, 2.05) is 0 Å². The summed E-state index contributed by atoms with van der Waals surface area (Å²) in [5.41, 5.74) is -5.68. The standard InChI is InChI=1S/C11H7F6I2NO4S/c12-10(13,14)9(11(15,16)17,4-25(22,23)24)20-8(21)6-3-5(18)1-2-7(6)19/h1-3H,4H2,(H,20,21)(H,22,23,24). The van der Waals surface area contributed by atoms with Crippen molar-refractivity contribution in [2.75, 3.05) is 5.75 Å². The number of carbonyl (C=O) groups is 1. The minimum absolute atomic E-state index is 0.0422. The summed E-state index contributed by atoms with van der Waals surface area (Å²) in [6, 6.07) is 3.77. The highest BCUT2D eigenvalue weighted by Crippen LogP contribution is 2.44. The van der Waals surface area contributed by atoms with Crippen LogP contribution in [0.4, 0.5) is 26.3 Å². The fraction of sp³-hybridized carbons (Fsp3) is 0.364. The molecule has 1 amide bonds. The second-order valence-corrected chi connectivity index (χ2v) is 8.57. The first-order valence-corrected chi connectivity index (χ1v) is 9.63. The zero-order valence-electron chi connectivity index (χ0n) is 11.5. The van der Waals surface area contributed by atoms with Crippen molar-refractivity contribution in [1.29, 1.82) is 0 Å². The van der Waals surface area contributed by atoms with Gasteiger partial charge in [0.2, 0.25) is 5.54 Å². The molecule has 0 aliphatic rings. The molecule has 0 aliphatic carbocycles. The highest BCUT2D eigenvalue weighted by molar-refractivity contribution is 14.1. The molecule has 0 fully saturated rings. The highest BCUT2D eigenvalue weighted by Gasteiger charge is 2.73. The van der Waals surface area contributed by atoms with Crippen molar-refractivity contribution in [3.05, 3.63) is 30.9 Å². The van der Waals surface area contributed by atoms with E-state index < -0.39 is 45.2 Å². The molecule has 5 nitrogen and oxygen atoms in total. The number of hydrogen-bond acceptors (Lipinski definition) is 3. The van der Waals surface area contributed by atoms with Gasteiger partial charge in [0.1, 0.15) is 5.75 Å². The fourth-order valence-corrected chi connectivity index (χ4v) is 3.73. The lowest BCUT2D eigenvalue weighted by Gasteiger charge is -2.36. The quantitative estimate of drug-likeness (QED) is 0.309. The van der Waals surface area contributed by atoms with Gasteiger partial charge in [-0.2, -0.15) is 34.8 Å². The Labute approximate surface area is 164 Å². The summed E-state index contributed by atoms with van der Waals surface area (Å²) in [6.45, 7) is 0. The van der Waals surface area contributed by atoms with E-state index in [4.69, 9.17) is 4.55 Å². The molecule has 142 valence electrons. The van der Waals surface area contributed by atoms with E-state index in [2.05, 4.69) is 0 Å². The monoisotopic (exact) mass is 617 g/mol. The molecular weight excluding hydrogens is 610 g/mol. The van der Waals surface area contributed by atoms with Crippen LogP contribution in [0.3, 0.4) is 0 Å². The van der Waals surface area contributed by atoms with Gasteiger partial charge in [-0.05, 0) is 63.4 Å². The van der Waals surface area contributed by atoms with Gasteiger partial charge in [-0.15, -0.1) is 0 Å². The summed E-state index contributed by atoms with van der Waals surface area (Å²) < 4.78 is 109. The summed E-state index contributed by atoms with van der Waals surface area (Å²) in [4.78, 5) is 12.0. The van der Waals surface area contributed by atoms with Crippen LogP contribution in [0, 0.1) is 7.14 Å². The van der Waals surface area contributed by atoms with E-state index in [-0.39, 0.29) is 3.57 Å². The topological polar surface area (TPSA) is 83.5 Å². The predicted molar refractivity (Wildman–Crippen MR) is 90.6 cm³/mol. The largest absolute Gasteiger partial charge is 0.421 e. The Morgan fingerprint density at radius 3 is 1.96 bits per heavy atom. The normalized spacial score (nSPS) is 13.6.